The van der Waals surface area contributed by atoms with E-state index in [1.54, 1.807) is 19.2 Å². The summed E-state index contributed by atoms with van der Waals surface area (Å²) >= 11 is 6.30. The molecule has 2 fully saturated rings. The van der Waals surface area contributed by atoms with Crippen LogP contribution in [0.3, 0.4) is 0 Å². The molecule has 0 saturated carbocycles. The number of carbonyl (C=O) groups is 1. The SMILES string of the molecule is COc1ccc(C2CC(C(=O)NCc3ccccc3Cl)C3C(NNC3c3ccc(F)cc3)N2)cc1. The van der Waals surface area contributed by atoms with E-state index >= 15 is 0 Å². The van der Waals surface area contributed by atoms with E-state index in [1.165, 1.54) is 12.1 Å². The zero-order valence-corrected chi connectivity index (χ0v) is 20.1. The van der Waals surface area contributed by atoms with Gasteiger partial charge in [0.1, 0.15) is 11.6 Å². The van der Waals surface area contributed by atoms with Crippen LogP contribution in [0.2, 0.25) is 5.02 Å². The number of rotatable bonds is 6. The smallest absolute Gasteiger partial charge is 0.223 e. The molecule has 3 aromatic carbocycles. The fraction of sp³-hybridized carbons (Fsp3) is 0.296. The lowest BCUT2D eigenvalue weighted by Gasteiger charge is -2.40. The van der Waals surface area contributed by atoms with Gasteiger partial charge in [-0.15, -0.1) is 0 Å². The third-order valence-corrected chi connectivity index (χ3v) is 7.36. The van der Waals surface area contributed by atoms with E-state index in [4.69, 9.17) is 16.3 Å². The van der Waals surface area contributed by atoms with Gasteiger partial charge in [0.15, 0.2) is 0 Å². The Balaban J connectivity index is 1.41. The second-order valence-corrected chi connectivity index (χ2v) is 9.42. The number of halogens is 2. The molecule has 0 radical (unpaired) electrons. The van der Waals surface area contributed by atoms with Gasteiger partial charge in [-0.05, 0) is 53.4 Å². The summed E-state index contributed by atoms with van der Waals surface area (Å²) in [6.45, 7) is 0.356. The van der Waals surface area contributed by atoms with Gasteiger partial charge < -0.3 is 10.1 Å². The van der Waals surface area contributed by atoms with Crippen molar-refractivity contribution < 1.29 is 13.9 Å². The Labute approximate surface area is 209 Å². The van der Waals surface area contributed by atoms with Crippen LogP contribution in [0, 0.1) is 17.7 Å². The van der Waals surface area contributed by atoms with E-state index in [2.05, 4.69) is 21.5 Å². The maximum atomic E-state index is 13.6. The molecule has 5 rings (SSSR count). The van der Waals surface area contributed by atoms with Crippen molar-refractivity contribution in [1.29, 1.82) is 0 Å². The van der Waals surface area contributed by atoms with Gasteiger partial charge in [-0.1, -0.05) is 54.1 Å². The molecule has 0 aromatic heterocycles. The minimum atomic E-state index is -0.298. The molecule has 0 aliphatic carbocycles. The predicted molar refractivity (Wildman–Crippen MR) is 133 cm³/mol. The molecule has 6 nitrogen and oxygen atoms in total. The molecule has 4 N–H and O–H groups in total. The molecule has 5 atom stereocenters. The van der Waals surface area contributed by atoms with Crippen LogP contribution in [0.15, 0.2) is 72.8 Å². The maximum absolute atomic E-state index is 13.6. The Morgan fingerprint density at radius 2 is 1.74 bits per heavy atom. The molecule has 0 spiro atoms. The molecule has 2 heterocycles. The van der Waals surface area contributed by atoms with Crippen molar-refractivity contribution in [3.8, 4) is 5.75 Å². The molecular weight excluding hydrogens is 467 g/mol. The number of benzene rings is 3. The number of ether oxygens (including phenoxy) is 1. The highest BCUT2D eigenvalue weighted by atomic mass is 35.5. The largest absolute Gasteiger partial charge is 0.497 e. The lowest BCUT2D eigenvalue weighted by molar-refractivity contribution is -0.129. The average Bonchev–Trinajstić information content (AvgIpc) is 3.32. The minimum absolute atomic E-state index is 0.0283. The van der Waals surface area contributed by atoms with Crippen molar-refractivity contribution in [3.63, 3.8) is 0 Å². The molecule has 8 heteroatoms. The zero-order chi connectivity index (χ0) is 24.4. The van der Waals surface area contributed by atoms with Crippen LogP contribution in [0.1, 0.15) is 35.2 Å². The summed E-state index contributed by atoms with van der Waals surface area (Å²) in [6, 6.07) is 21.7. The van der Waals surface area contributed by atoms with Crippen molar-refractivity contribution in [1.82, 2.24) is 21.5 Å². The first-order chi connectivity index (χ1) is 17.0. The van der Waals surface area contributed by atoms with E-state index in [0.29, 0.717) is 18.0 Å². The van der Waals surface area contributed by atoms with Crippen LogP contribution in [-0.4, -0.2) is 19.2 Å². The number of methoxy groups -OCH3 is 1. The van der Waals surface area contributed by atoms with Crippen LogP contribution in [-0.2, 0) is 11.3 Å². The van der Waals surface area contributed by atoms with Gasteiger partial charge in [-0.2, -0.15) is 0 Å². The van der Waals surface area contributed by atoms with E-state index in [0.717, 1.165) is 22.4 Å². The van der Waals surface area contributed by atoms with Crippen LogP contribution in [0.25, 0.3) is 0 Å². The molecule has 0 bridgehead atoms. The van der Waals surface area contributed by atoms with Crippen LogP contribution in [0.5, 0.6) is 5.75 Å². The highest BCUT2D eigenvalue weighted by Gasteiger charge is 2.49. The van der Waals surface area contributed by atoms with Crippen molar-refractivity contribution in [2.45, 2.75) is 31.2 Å². The van der Waals surface area contributed by atoms with Crippen LogP contribution < -0.4 is 26.2 Å². The first-order valence-corrected chi connectivity index (χ1v) is 12.1. The van der Waals surface area contributed by atoms with Gasteiger partial charge in [-0.3, -0.25) is 10.1 Å². The average molecular weight is 495 g/mol. The number of fused-ring (bicyclic) bond motifs is 1. The monoisotopic (exact) mass is 494 g/mol. The van der Waals surface area contributed by atoms with Crippen molar-refractivity contribution in [2.24, 2.45) is 11.8 Å². The lowest BCUT2D eigenvalue weighted by Crippen LogP contribution is -2.54. The third-order valence-electron chi connectivity index (χ3n) is 6.99. The second-order valence-electron chi connectivity index (χ2n) is 9.02. The number of hydrazine groups is 1. The van der Waals surface area contributed by atoms with Gasteiger partial charge in [0.25, 0.3) is 0 Å². The molecule has 2 aliphatic heterocycles. The molecular formula is C27H28ClFN4O2. The van der Waals surface area contributed by atoms with Crippen LogP contribution in [0.4, 0.5) is 4.39 Å². The fourth-order valence-electron chi connectivity index (χ4n) is 5.16. The minimum Gasteiger partial charge on any atom is -0.497 e. The molecule has 2 aliphatic rings. The lowest BCUT2D eigenvalue weighted by atomic mass is 9.74. The van der Waals surface area contributed by atoms with E-state index in [9.17, 15) is 9.18 Å². The summed E-state index contributed by atoms with van der Waals surface area (Å²) in [4.78, 5) is 13.6. The van der Waals surface area contributed by atoms with Crippen LogP contribution >= 0.6 is 11.6 Å². The topological polar surface area (TPSA) is 74.4 Å². The number of nitrogens with one attached hydrogen (secondary N) is 4. The predicted octanol–water partition coefficient (Wildman–Crippen LogP) is 4.25. The van der Waals surface area contributed by atoms with Gasteiger partial charge in [-0.25, -0.2) is 15.2 Å². The highest BCUT2D eigenvalue weighted by molar-refractivity contribution is 6.31. The normalized spacial score (nSPS) is 25.6. The summed E-state index contributed by atoms with van der Waals surface area (Å²) in [5.74, 6) is 0.0901. The molecule has 1 amide bonds. The Morgan fingerprint density at radius 1 is 1.03 bits per heavy atom. The van der Waals surface area contributed by atoms with Crippen molar-refractivity contribution in [2.75, 3.05) is 7.11 Å². The Bertz CT molecular complexity index is 1170. The fourth-order valence-corrected chi connectivity index (χ4v) is 5.36. The third kappa shape index (κ3) is 5.04. The molecule has 2 saturated heterocycles. The summed E-state index contributed by atoms with van der Waals surface area (Å²) < 4.78 is 18.9. The number of hydrogen-bond donors (Lipinski definition) is 4. The molecule has 35 heavy (non-hydrogen) atoms. The van der Waals surface area contributed by atoms with Gasteiger partial charge >= 0.3 is 0 Å². The summed E-state index contributed by atoms with van der Waals surface area (Å²) in [5.41, 5.74) is 9.55. The van der Waals surface area contributed by atoms with Gasteiger partial charge in [0, 0.05) is 29.4 Å². The first kappa shape index (κ1) is 23.8. The second kappa shape index (κ2) is 10.3. The molecule has 182 valence electrons. The molecule has 5 unspecified atom stereocenters. The number of piperidine rings is 1. The Hall–Kier alpha value is -2.97. The standard InChI is InChI=1S/C27H28ClFN4O2/c1-35-20-12-8-16(9-13-20)23-14-21(27(34)30-15-18-4-2-3-5-22(18)28)24-25(32-33-26(24)31-23)17-6-10-19(29)11-7-17/h2-13,21,23-26,31-33H,14-15H2,1H3,(H,30,34). The van der Waals surface area contributed by atoms with Crippen molar-refractivity contribution in [3.05, 3.63) is 100 Å². The molecule has 3 aromatic rings. The highest BCUT2D eigenvalue weighted by Crippen LogP contribution is 2.42. The van der Waals surface area contributed by atoms with E-state index in [-0.39, 0.29) is 41.8 Å². The number of carbonyl (C=O) groups excluding carboxylic acids is 1. The van der Waals surface area contributed by atoms with E-state index in [1.807, 2.05) is 48.5 Å². The Kier molecular flexibility index (Phi) is 7.02. The maximum Gasteiger partial charge on any atom is 0.223 e. The Morgan fingerprint density at radius 3 is 2.46 bits per heavy atom. The van der Waals surface area contributed by atoms with Gasteiger partial charge in [0.2, 0.25) is 5.91 Å². The quantitative estimate of drug-likeness (QED) is 0.412. The number of hydrogen-bond acceptors (Lipinski definition) is 5. The van der Waals surface area contributed by atoms with E-state index < -0.39 is 0 Å². The zero-order valence-electron chi connectivity index (χ0n) is 19.3. The summed E-state index contributed by atoms with van der Waals surface area (Å²) in [6.07, 6.45) is 0.463. The first-order valence-electron chi connectivity index (χ1n) is 11.7. The summed E-state index contributed by atoms with van der Waals surface area (Å²) in [5, 5.41) is 7.39. The van der Waals surface area contributed by atoms with Crippen molar-refractivity contribution >= 4 is 17.5 Å². The van der Waals surface area contributed by atoms with Gasteiger partial charge in [0.05, 0.1) is 19.3 Å². The summed E-state index contributed by atoms with van der Waals surface area (Å²) in [7, 11) is 1.64. The number of amides is 1.